The fourth-order valence-electron chi connectivity index (χ4n) is 3.23. The average Bonchev–Trinajstić information content (AvgIpc) is 2.94. The minimum atomic E-state index is -0.0956. The largest absolute Gasteiger partial charge is 0.378 e. The van der Waals surface area contributed by atoms with E-state index in [1.54, 1.807) is 0 Å². The van der Waals surface area contributed by atoms with E-state index in [-0.39, 0.29) is 5.91 Å². The fourth-order valence-corrected chi connectivity index (χ4v) is 3.23. The van der Waals surface area contributed by atoms with Gasteiger partial charge in [0.15, 0.2) is 0 Å². The van der Waals surface area contributed by atoms with Crippen molar-refractivity contribution in [2.45, 2.75) is 13.3 Å². The van der Waals surface area contributed by atoms with Gasteiger partial charge in [-0.2, -0.15) is 0 Å². The second-order valence-corrected chi connectivity index (χ2v) is 7.44. The zero-order valence-electron chi connectivity index (χ0n) is 16.8. The lowest BCUT2D eigenvalue weighted by molar-refractivity contribution is 0.102. The first-order valence-corrected chi connectivity index (χ1v) is 9.20. The van der Waals surface area contributed by atoms with E-state index in [1.807, 2.05) is 55.4 Å². The Morgan fingerprint density at radius 1 is 1.04 bits per heavy atom. The SMILES string of the molecule is Cc1[nH]c2ccc(NC(=O)c3ccc(N(C)C)cc3)cc2c1CCN(C)C. The van der Waals surface area contributed by atoms with Crippen LogP contribution in [-0.2, 0) is 6.42 Å². The molecular formula is C22H28N4O. The number of H-pyrrole nitrogens is 1. The second-order valence-electron chi connectivity index (χ2n) is 7.44. The molecule has 1 aromatic heterocycles. The molecule has 0 aliphatic carbocycles. The van der Waals surface area contributed by atoms with Crippen LogP contribution in [0.25, 0.3) is 10.9 Å². The Morgan fingerprint density at radius 2 is 1.74 bits per heavy atom. The summed E-state index contributed by atoms with van der Waals surface area (Å²) < 4.78 is 0. The molecule has 0 radical (unpaired) electrons. The van der Waals surface area contributed by atoms with Gasteiger partial charge in [0.25, 0.3) is 5.91 Å². The van der Waals surface area contributed by atoms with Gasteiger partial charge >= 0.3 is 0 Å². The summed E-state index contributed by atoms with van der Waals surface area (Å²) in [5.74, 6) is -0.0956. The van der Waals surface area contributed by atoms with Crippen LogP contribution >= 0.6 is 0 Å². The number of aromatic amines is 1. The van der Waals surface area contributed by atoms with Crippen LogP contribution in [0.4, 0.5) is 11.4 Å². The Hall–Kier alpha value is -2.79. The number of likely N-dealkylation sites (N-methyl/N-ethyl adjacent to an activating group) is 1. The molecule has 0 aliphatic heterocycles. The van der Waals surface area contributed by atoms with Gasteiger partial charge < -0.3 is 20.1 Å². The monoisotopic (exact) mass is 364 g/mol. The molecule has 0 saturated carbocycles. The third-order valence-corrected chi connectivity index (χ3v) is 4.83. The molecule has 3 aromatic rings. The van der Waals surface area contributed by atoms with Crippen LogP contribution in [0.15, 0.2) is 42.5 Å². The number of rotatable bonds is 6. The van der Waals surface area contributed by atoms with Crippen LogP contribution in [0.5, 0.6) is 0 Å². The maximum atomic E-state index is 12.6. The van der Waals surface area contributed by atoms with Gasteiger partial charge in [-0.3, -0.25) is 4.79 Å². The highest BCUT2D eigenvalue weighted by Crippen LogP contribution is 2.26. The number of carbonyl (C=O) groups is 1. The molecule has 5 nitrogen and oxygen atoms in total. The van der Waals surface area contributed by atoms with Crippen molar-refractivity contribution in [3.63, 3.8) is 0 Å². The number of carbonyl (C=O) groups excluding carboxylic acids is 1. The van der Waals surface area contributed by atoms with Crippen molar-refractivity contribution in [2.24, 2.45) is 0 Å². The maximum absolute atomic E-state index is 12.6. The van der Waals surface area contributed by atoms with Crippen LogP contribution in [0, 0.1) is 6.92 Å². The van der Waals surface area contributed by atoms with Gasteiger partial charge in [0.05, 0.1) is 0 Å². The summed E-state index contributed by atoms with van der Waals surface area (Å²) >= 11 is 0. The highest BCUT2D eigenvalue weighted by atomic mass is 16.1. The summed E-state index contributed by atoms with van der Waals surface area (Å²) in [5, 5.41) is 4.20. The molecule has 0 bridgehead atoms. The van der Waals surface area contributed by atoms with Crippen molar-refractivity contribution in [1.29, 1.82) is 0 Å². The fraction of sp³-hybridized carbons (Fsp3) is 0.318. The normalized spacial score (nSPS) is 11.2. The molecule has 0 atom stereocenters. The van der Waals surface area contributed by atoms with Gasteiger partial charge in [-0.15, -0.1) is 0 Å². The van der Waals surface area contributed by atoms with E-state index in [2.05, 4.69) is 42.3 Å². The number of hydrogen-bond acceptors (Lipinski definition) is 3. The first kappa shape index (κ1) is 19.0. The number of benzene rings is 2. The van der Waals surface area contributed by atoms with Crippen molar-refractivity contribution in [3.05, 3.63) is 59.3 Å². The van der Waals surface area contributed by atoms with E-state index in [4.69, 9.17) is 0 Å². The number of nitrogens with one attached hydrogen (secondary N) is 2. The molecule has 5 heteroatoms. The average molecular weight is 364 g/mol. The number of anilines is 2. The molecule has 1 amide bonds. The zero-order chi connectivity index (χ0) is 19.6. The lowest BCUT2D eigenvalue weighted by Crippen LogP contribution is -2.15. The van der Waals surface area contributed by atoms with E-state index in [0.29, 0.717) is 5.56 Å². The summed E-state index contributed by atoms with van der Waals surface area (Å²) in [6, 6.07) is 13.7. The minimum absolute atomic E-state index is 0.0956. The van der Waals surface area contributed by atoms with Gasteiger partial charge in [0.2, 0.25) is 0 Å². The standard InChI is InChI=1S/C22H28N4O/c1-15-19(12-13-25(2)3)20-14-17(8-11-21(20)23-15)24-22(27)16-6-9-18(10-7-16)26(4)5/h6-11,14,23H,12-13H2,1-5H3,(H,24,27). The molecule has 3 rings (SSSR count). The molecular weight excluding hydrogens is 336 g/mol. The van der Waals surface area contributed by atoms with Gasteiger partial charge in [-0.25, -0.2) is 0 Å². The molecule has 0 unspecified atom stereocenters. The Bertz CT molecular complexity index is 939. The zero-order valence-corrected chi connectivity index (χ0v) is 16.8. The number of hydrogen-bond donors (Lipinski definition) is 2. The molecule has 2 N–H and O–H groups in total. The molecule has 2 aromatic carbocycles. The van der Waals surface area contributed by atoms with Crippen molar-refractivity contribution >= 4 is 28.2 Å². The predicted molar refractivity (Wildman–Crippen MR) is 114 cm³/mol. The van der Waals surface area contributed by atoms with Gasteiger partial charge in [-0.1, -0.05) is 0 Å². The van der Waals surface area contributed by atoms with Crippen LogP contribution in [0.2, 0.25) is 0 Å². The summed E-state index contributed by atoms with van der Waals surface area (Å²) in [5.41, 5.74) is 6.14. The summed E-state index contributed by atoms with van der Waals surface area (Å²) in [6.07, 6.45) is 0.974. The first-order valence-electron chi connectivity index (χ1n) is 9.20. The van der Waals surface area contributed by atoms with Gasteiger partial charge in [-0.05, 0) is 75.5 Å². The lowest BCUT2D eigenvalue weighted by Gasteiger charge is -2.13. The van der Waals surface area contributed by atoms with Crippen LogP contribution in [0.1, 0.15) is 21.6 Å². The predicted octanol–water partition coefficient (Wildman–Crippen LogP) is 3.90. The van der Waals surface area contributed by atoms with Gasteiger partial charge in [0, 0.05) is 54.2 Å². The van der Waals surface area contributed by atoms with E-state index >= 15 is 0 Å². The molecule has 0 fully saturated rings. The molecule has 0 saturated heterocycles. The van der Waals surface area contributed by atoms with Crippen LogP contribution in [0.3, 0.4) is 0 Å². The number of amides is 1. The third kappa shape index (κ3) is 4.31. The number of aryl methyl sites for hydroxylation is 1. The smallest absolute Gasteiger partial charge is 0.255 e. The van der Waals surface area contributed by atoms with Crippen molar-refractivity contribution < 1.29 is 4.79 Å². The van der Waals surface area contributed by atoms with E-state index < -0.39 is 0 Å². The Labute approximate surface area is 161 Å². The summed E-state index contributed by atoms with van der Waals surface area (Å²) in [4.78, 5) is 20.2. The molecule has 142 valence electrons. The van der Waals surface area contributed by atoms with Crippen molar-refractivity contribution in [1.82, 2.24) is 9.88 Å². The van der Waals surface area contributed by atoms with E-state index in [1.165, 1.54) is 16.6 Å². The van der Waals surface area contributed by atoms with Crippen molar-refractivity contribution in [3.8, 4) is 0 Å². The molecule has 1 heterocycles. The Kier molecular flexibility index (Phi) is 5.51. The highest BCUT2D eigenvalue weighted by Gasteiger charge is 2.11. The highest BCUT2D eigenvalue weighted by molar-refractivity contribution is 6.05. The van der Waals surface area contributed by atoms with Crippen LogP contribution < -0.4 is 10.2 Å². The van der Waals surface area contributed by atoms with Crippen LogP contribution in [-0.4, -0.2) is 50.5 Å². The molecule has 0 aliphatic rings. The summed E-state index contributed by atoms with van der Waals surface area (Å²) in [6.45, 7) is 3.10. The topological polar surface area (TPSA) is 51.4 Å². The first-order chi connectivity index (χ1) is 12.8. The molecule has 27 heavy (non-hydrogen) atoms. The number of nitrogens with zero attached hydrogens (tertiary/aromatic N) is 2. The lowest BCUT2D eigenvalue weighted by atomic mass is 10.1. The number of fused-ring (bicyclic) bond motifs is 1. The van der Waals surface area contributed by atoms with Crippen molar-refractivity contribution in [2.75, 3.05) is 45.0 Å². The number of aromatic nitrogens is 1. The van der Waals surface area contributed by atoms with E-state index in [0.717, 1.165) is 29.9 Å². The van der Waals surface area contributed by atoms with E-state index in [9.17, 15) is 4.79 Å². The summed E-state index contributed by atoms with van der Waals surface area (Å²) in [7, 11) is 8.13. The Morgan fingerprint density at radius 3 is 2.37 bits per heavy atom. The minimum Gasteiger partial charge on any atom is -0.378 e. The third-order valence-electron chi connectivity index (χ3n) is 4.83. The molecule has 0 spiro atoms. The second kappa shape index (κ2) is 7.84. The maximum Gasteiger partial charge on any atom is 0.255 e. The Balaban J connectivity index is 1.82. The van der Waals surface area contributed by atoms with Gasteiger partial charge in [0.1, 0.15) is 0 Å². The quantitative estimate of drug-likeness (QED) is 0.697.